The fourth-order valence-corrected chi connectivity index (χ4v) is 2.50. The molecule has 0 bridgehead atoms. The fourth-order valence-electron chi connectivity index (χ4n) is 2.50. The first-order chi connectivity index (χ1) is 8.16. The summed E-state index contributed by atoms with van der Waals surface area (Å²) < 4.78 is 1.96. The first-order valence-corrected chi connectivity index (χ1v) is 6.41. The molecular weight excluding hydrogens is 214 g/mol. The number of hydrogen-bond donors (Lipinski definition) is 1. The average molecular weight is 237 g/mol. The van der Waals surface area contributed by atoms with E-state index in [2.05, 4.69) is 34.4 Å². The van der Waals surface area contributed by atoms with Gasteiger partial charge in [-0.05, 0) is 39.3 Å². The van der Waals surface area contributed by atoms with Gasteiger partial charge < -0.3 is 14.8 Å². The van der Waals surface area contributed by atoms with E-state index in [0.29, 0.717) is 6.04 Å². The third-order valence-electron chi connectivity index (χ3n) is 3.76. The summed E-state index contributed by atoms with van der Waals surface area (Å²) in [5.74, 6) is 1.75. The van der Waals surface area contributed by atoms with Crippen LogP contribution in [0.4, 0.5) is 0 Å². The second-order valence-electron chi connectivity index (χ2n) is 5.19. The number of likely N-dealkylation sites (tertiary alicyclic amines) is 1. The van der Waals surface area contributed by atoms with Crippen molar-refractivity contribution in [3.05, 3.63) is 12.2 Å². The standard InChI is InChI=1S/C12H23N5/c1-10(11-5-4-6-16(2)8-11)13-7-12-15-14-9-17(12)3/h9-11,13H,4-8H2,1-3H3. The molecule has 17 heavy (non-hydrogen) atoms. The second kappa shape index (κ2) is 5.60. The minimum Gasteiger partial charge on any atom is -0.320 e. The largest absolute Gasteiger partial charge is 0.320 e. The van der Waals surface area contributed by atoms with Crippen molar-refractivity contribution in [2.24, 2.45) is 13.0 Å². The summed E-state index contributed by atoms with van der Waals surface area (Å²) in [5, 5.41) is 11.5. The molecule has 1 aromatic heterocycles. The van der Waals surface area contributed by atoms with Gasteiger partial charge in [-0.15, -0.1) is 10.2 Å². The van der Waals surface area contributed by atoms with Crippen LogP contribution in [0.25, 0.3) is 0 Å². The summed E-state index contributed by atoms with van der Waals surface area (Å²) in [5.41, 5.74) is 0. The molecule has 1 N–H and O–H groups in total. The van der Waals surface area contributed by atoms with Crippen LogP contribution in [-0.2, 0) is 13.6 Å². The molecule has 0 radical (unpaired) electrons. The highest BCUT2D eigenvalue weighted by Crippen LogP contribution is 2.18. The van der Waals surface area contributed by atoms with E-state index in [1.807, 2.05) is 11.6 Å². The Balaban J connectivity index is 1.80. The summed E-state index contributed by atoms with van der Waals surface area (Å²) in [6.45, 7) is 5.53. The van der Waals surface area contributed by atoms with Crippen molar-refractivity contribution < 1.29 is 0 Å². The topological polar surface area (TPSA) is 46.0 Å². The summed E-state index contributed by atoms with van der Waals surface area (Å²) in [4.78, 5) is 2.43. The second-order valence-corrected chi connectivity index (χ2v) is 5.19. The van der Waals surface area contributed by atoms with Gasteiger partial charge in [0.25, 0.3) is 0 Å². The van der Waals surface area contributed by atoms with E-state index in [-0.39, 0.29) is 0 Å². The van der Waals surface area contributed by atoms with Gasteiger partial charge in [-0.1, -0.05) is 0 Å². The van der Waals surface area contributed by atoms with Gasteiger partial charge in [-0.3, -0.25) is 0 Å². The average Bonchev–Trinajstić information content (AvgIpc) is 2.72. The molecule has 1 saturated heterocycles. The summed E-state index contributed by atoms with van der Waals surface area (Å²) in [6.07, 6.45) is 4.39. The van der Waals surface area contributed by atoms with Gasteiger partial charge in [0.2, 0.25) is 0 Å². The highest BCUT2D eigenvalue weighted by atomic mass is 15.3. The summed E-state index contributed by atoms with van der Waals surface area (Å²) in [6, 6.07) is 0.537. The number of hydrogen-bond acceptors (Lipinski definition) is 4. The SMILES string of the molecule is CC(NCc1nncn1C)C1CCCN(C)C1. The molecule has 0 aliphatic carbocycles. The summed E-state index contributed by atoms with van der Waals surface area (Å²) >= 11 is 0. The molecule has 1 aliphatic rings. The molecule has 2 atom stereocenters. The lowest BCUT2D eigenvalue weighted by molar-refractivity contribution is 0.178. The Morgan fingerprint density at radius 2 is 2.35 bits per heavy atom. The van der Waals surface area contributed by atoms with Gasteiger partial charge in [0.1, 0.15) is 12.2 Å². The smallest absolute Gasteiger partial charge is 0.146 e. The van der Waals surface area contributed by atoms with Crippen molar-refractivity contribution in [2.75, 3.05) is 20.1 Å². The van der Waals surface area contributed by atoms with Crippen molar-refractivity contribution in [2.45, 2.75) is 32.4 Å². The van der Waals surface area contributed by atoms with Crippen LogP contribution in [0.3, 0.4) is 0 Å². The van der Waals surface area contributed by atoms with Crippen molar-refractivity contribution in [3.63, 3.8) is 0 Å². The van der Waals surface area contributed by atoms with E-state index in [0.717, 1.165) is 18.3 Å². The lowest BCUT2D eigenvalue weighted by atomic mass is 9.92. The molecule has 0 saturated carbocycles. The molecule has 2 heterocycles. The van der Waals surface area contributed by atoms with Crippen molar-refractivity contribution in [1.29, 1.82) is 0 Å². The quantitative estimate of drug-likeness (QED) is 0.834. The predicted molar refractivity (Wildman–Crippen MR) is 67.5 cm³/mol. The van der Waals surface area contributed by atoms with E-state index in [9.17, 15) is 0 Å². The van der Waals surface area contributed by atoms with Gasteiger partial charge in [0, 0.05) is 19.6 Å². The van der Waals surface area contributed by atoms with Gasteiger partial charge in [0.05, 0.1) is 6.54 Å². The predicted octanol–water partition coefficient (Wildman–Crippen LogP) is 0.635. The number of nitrogens with zero attached hydrogens (tertiary/aromatic N) is 4. The molecule has 0 spiro atoms. The molecule has 0 aromatic carbocycles. The van der Waals surface area contributed by atoms with Gasteiger partial charge in [-0.2, -0.15) is 0 Å². The molecule has 1 fully saturated rings. The highest BCUT2D eigenvalue weighted by molar-refractivity contribution is 4.86. The number of aryl methyl sites for hydroxylation is 1. The number of rotatable bonds is 4. The van der Waals surface area contributed by atoms with E-state index in [1.54, 1.807) is 6.33 Å². The first kappa shape index (κ1) is 12.5. The van der Waals surface area contributed by atoms with Gasteiger partial charge in [-0.25, -0.2) is 0 Å². The zero-order valence-corrected chi connectivity index (χ0v) is 11.1. The minimum atomic E-state index is 0.537. The molecule has 5 heteroatoms. The van der Waals surface area contributed by atoms with Crippen LogP contribution in [0.5, 0.6) is 0 Å². The maximum atomic E-state index is 4.09. The molecule has 1 aliphatic heterocycles. The van der Waals surface area contributed by atoms with Gasteiger partial charge in [0.15, 0.2) is 0 Å². The molecule has 5 nitrogen and oxygen atoms in total. The highest BCUT2D eigenvalue weighted by Gasteiger charge is 2.22. The Morgan fingerprint density at radius 1 is 1.53 bits per heavy atom. The van der Waals surface area contributed by atoms with Crippen molar-refractivity contribution in [1.82, 2.24) is 25.0 Å². The van der Waals surface area contributed by atoms with E-state index in [4.69, 9.17) is 0 Å². The van der Waals surface area contributed by atoms with Crippen LogP contribution >= 0.6 is 0 Å². The van der Waals surface area contributed by atoms with Crippen LogP contribution in [0, 0.1) is 5.92 Å². The zero-order chi connectivity index (χ0) is 12.3. The van der Waals surface area contributed by atoms with Crippen molar-refractivity contribution >= 4 is 0 Å². The number of piperidine rings is 1. The Morgan fingerprint density at radius 3 is 3.00 bits per heavy atom. The van der Waals surface area contributed by atoms with Gasteiger partial charge >= 0.3 is 0 Å². The Labute approximate surface area is 103 Å². The first-order valence-electron chi connectivity index (χ1n) is 6.41. The normalized spacial score (nSPS) is 23.8. The Bertz CT molecular complexity index is 348. The molecule has 2 unspecified atom stereocenters. The molecular formula is C12H23N5. The van der Waals surface area contributed by atoms with Crippen LogP contribution in [0.2, 0.25) is 0 Å². The van der Waals surface area contributed by atoms with Crippen LogP contribution < -0.4 is 5.32 Å². The minimum absolute atomic E-state index is 0.537. The molecule has 96 valence electrons. The zero-order valence-electron chi connectivity index (χ0n) is 11.1. The van der Waals surface area contributed by atoms with E-state index in [1.165, 1.54) is 25.9 Å². The maximum Gasteiger partial charge on any atom is 0.146 e. The Kier molecular flexibility index (Phi) is 4.12. The van der Waals surface area contributed by atoms with Crippen LogP contribution in [0.1, 0.15) is 25.6 Å². The Hall–Kier alpha value is -0.940. The van der Waals surface area contributed by atoms with Crippen LogP contribution in [-0.4, -0.2) is 45.8 Å². The lowest BCUT2D eigenvalue weighted by Crippen LogP contribution is -2.43. The third-order valence-corrected chi connectivity index (χ3v) is 3.76. The van der Waals surface area contributed by atoms with Crippen LogP contribution in [0.15, 0.2) is 6.33 Å². The number of nitrogens with one attached hydrogen (secondary N) is 1. The number of aromatic nitrogens is 3. The lowest BCUT2D eigenvalue weighted by Gasteiger charge is -2.33. The van der Waals surface area contributed by atoms with Crippen molar-refractivity contribution in [3.8, 4) is 0 Å². The van der Waals surface area contributed by atoms with E-state index >= 15 is 0 Å². The molecule has 2 rings (SSSR count). The molecule has 0 amide bonds. The summed E-state index contributed by atoms with van der Waals surface area (Å²) in [7, 11) is 4.19. The van der Waals surface area contributed by atoms with E-state index < -0.39 is 0 Å². The molecule has 1 aromatic rings. The maximum absolute atomic E-state index is 4.09. The fraction of sp³-hybridized carbons (Fsp3) is 0.833. The third kappa shape index (κ3) is 3.26. The monoisotopic (exact) mass is 237 g/mol.